The molecule has 11 heteroatoms. The average Bonchev–Trinajstić information content (AvgIpc) is 3.63. The molecule has 2 heterocycles. The number of ether oxygens (including phenoxy) is 1. The van der Waals surface area contributed by atoms with Crippen LogP contribution in [0.25, 0.3) is 0 Å². The maximum absolute atomic E-state index is 13.6. The number of aliphatic hydroxyl groups excluding tert-OH is 1. The fourth-order valence-electron chi connectivity index (χ4n) is 7.51. The minimum absolute atomic E-state index is 0.0487. The summed E-state index contributed by atoms with van der Waals surface area (Å²) in [6.07, 6.45) is 14.3. The van der Waals surface area contributed by atoms with Crippen molar-refractivity contribution in [1.29, 1.82) is 5.41 Å². The molecule has 1 fully saturated rings. The third kappa shape index (κ3) is 7.40. The van der Waals surface area contributed by atoms with Crippen molar-refractivity contribution in [3.63, 3.8) is 0 Å². The van der Waals surface area contributed by atoms with E-state index in [0.717, 1.165) is 49.0 Å². The number of anilines is 1. The van der Waals surface area contributed by atoms with Crippen molar-refractivity contribution in [2.45, 2.75) is 109 Å². The molecular formula is C38H54N8O3. The molecule has 264 valence electrons. The van der Waals surface area contributed by atoms with Crippen molar-refractivity contribution in [2.24, 2.45) is 17.6 Å². The van der Waals surface area contributed by atoms with Gasteiger partial charge in [0, 0.05) is 23.3 Å². The molecular weight excluding hydrogens is 616 g/mol. The van der Waals surface area contributed by atoms with Gasteiger partial charge >= 0.3 is 6.03 Å². The fourth-order valence-corrected chi connectivity index (χ4v) is 7.51. The minimum atomic E-state index is -0.546. The van der Waals surface area contributed by atoms with Crippen LogP contribution in [0.5, 0.6) is 0 Å². The lowest BCUT2D eigenvalue weighted by Gasteiger charge is -2.43. The molecule has 2 amide bonds. The number of nitrogens with two attached hydrogens (primary N) is 1. The van der Waals surface area contributed by atoms with Crippen molar-refractivity contribution in [3.8, 4) is 0 Å². The summed E-state index contributed by atoms with van der Waals surface area (Å²) in [6, 6.07) is 9.57. The first-order chi connectivity index (χ1) is 23.5. The molecule has 1 aromatic carbocycles. The van der Waals surface area contributed by atoms with Crippen molar-refractivity contribution < 1.29 is 14.6 Å². The Bertz CT molecular complexity index is 1610. The van der Waals surface area contributed by atoms with Gasteiger partial charge in [-0.15, -0.1) is 0 Å². The molecule has 11 nitrogen and oxygen atoms in total. The summed E-state index contributed by atoms with van der Waals surface area (Å²) in [5.41, 5.74) is 10.0. The normalized spacial score (nSPS) is 28.1. The summed E-state index contributed by atoms with van der Waals surface area (Å²) in [7, 11) is 0. The van der Waals surface area contributed by atoms with Gasteiger partial charge in [0.1, 0.15) is 17.9 Å². The Morgan fingerprint density at radius 3 is 2.67 bits per heavy atom. The predicted octanol–water partition coefficient (Wildman–Crippen LogP) is 5.80. The van der Waals surface area contributed by atoms with E-state index < -0.39 is 11.7 Å². The number of nitrogens with one attached hydrogen (secondary N) is 4. The Morgan fingerprint density at radius 2 is 1.94 bits per heavy atom. The third-order valence-electron chi connectivity index (χ3n) is 10.6. The molecule has 1 saturated carbocycles. The molecule has 6 rings (SSSR count). The Labute approximate surface area is 290 Å². The third-order valence-corrected chi connectivity index (χ3v) is 10.6. The van der Waals surface area contributed by atoms with E-state index in [9.17, 15) is 9.90 Å². The molecule has 0 radical (unpaired) electrons. The van der Waals surface area contributed by atoms with Gasteiger partial charge in [0.05, 0.1) is 42.6 Å². The van der Waals surface area contributed by atoms with Crippen LogP contribution in [0.2, 0.25) is 0 Å². The molecule has 8 unspecified atom stereocenters. The summed E-state index contributed by atoms with van der Waals surface area (Å²) in [6.45, 7) is 11.0. The second-order valence-electron chi connectivity index (χ2n) is 14.8. The zero-order valence-electron chi connectivity index (χ0n) is 29.5. The monoisotopic (exact) mass is 670 g/mol. The van der Waals surface area contributed by atoms with Gasteiger partial charge in [-0.25, -0.2) is 9.48 Å². The Balaban J connectivity index is 1.14. The molecule has 49 heavy (non-hydrogen) atoms. The van der Waals surface area contributed by atoms with Crippen LogP contribution in [-0.4, -0.2) is 63.2 Å². The summed E-state index contributed by atoms with van der Waals surface area (Å²) in [4.78, 5) is 15.5. The first-order valence-corrected chi connectivity index (χ1v) is 18.0. The van der Waals surface area contributed by atoms with Gasteiger partial charge in [-0.3, -0.25) is 21.8 Å². The second-order valence-corrected chi connectivity index (χ2v) is 14.8. The SMILES string of the molecule is CCCCCNC(N)N1C(=N)C=CC(OC2CCC(NC(=O)Nc3cc(C(C)(C)CO)nn3C3C4C=CC(C)=CC43)c3ccccc32)C1C. The maximum Gasteiger partial charge on any atom is 0.320 e. The van der Waals surface area contributed by atoms with Crippen LogP contribution in [0, 0.1) is 17.2 Å². The van der Waals surface area contributed by atoms with Crippen molar-refractivity contribution >= 4 is 17.7 Å². The largest absolute Gasteiger partial charge is 0.395 e. The van der Waals surface area contributed by atoms with Gasteiger partial charge in [0.25, 0.3) is 0 Å². The number of amidine groups is 1. The molecule has 4 aliphatic rings. The number of hydrogen-bond donors (Lipinski definition) is 6. The highest BCUT2D eigenvalue weighted by molar-refractivity contribution is 5.91. The summed E-state index contributed by atoms with van der Waals surface area (Å²) in [5, 5.41) is 33.2. The minimum Gasteiger partial charge on any atom is -0.395 e. The maximum atomic E-state index is 13.6. The molecule has 7 N–H and O–H groups in total. The van der Waals surface area contributed by atoms with Crippen LogP contribution in [-0.2, 0) is 10.2 Å². The van der Waals surface area contributed by atoms with E-state index in [1.165, 1.54) is 5.57 Å². The van der Waals surface area contributed by atoms with Crippen LogP contribution in [0.1, 0.15) is 102 Å². The predicted molar refractivity (Wildman–Crippen MR) is 193 cm³/mol. The summed E-state index contributed by atoms with van der Waals surface area (Å²) in [5.74, 6) is 1.69. The van der Waals surface area contributed by atoms with Crippen molar-refractivity contribution in [2.75, 3.05) is 18.5 Å². The van der Waals surface area contributed by atoms with Crippen LogP contribution >= 0.6 is 0 Å². The van der Waals surface area contributed by atoms with E-state index >= 15 is 0 Å². The van der Waals surface area contributed by atoms with Gasteiger partial charge in [-0.2, -0.15) is 5.10 Å². The van der Waals surface area contributed by atoms with Crippen LogP contribution < -0.4 is 21.7 Å². The highest BCUT2D eigenvalue weighted by atomic mass is 16.5. The lowest BCUT2D eigenvalue weighted by atomic mass is 9.85. The fraction of sp³-hybridized carbons (Fsp3) is 0.553. The first kappa shape index (κ1) is 35.1. The topological polar surface area (TPSA) is 154 Å². The van der Waals surface area contributed by atoms with Gasteiger partial charge in [0.15, 0.2) is 0 Å². The summed E-state index contributed by atoms with van der Waals surface area (Å²) < 4.78 is 8.70. The second kappa shape index (κ2) is 14.6. The van der Waals surface area contributed by atoms with Crippen LogP contribution in [0.15, 0.2) is 66.3 Å². The molecule has 0 bridgehead atoms. The van der Waals surface area contributed by atoms with Gasteiger partial charge in [0.2, 0.25) is 0 Å². The number of nitrogens with zero attached hydrogens (tertiary/aromatic N) is 3. The van der Waals surface area contributed by atoms with Gasteiger partial charge in [-0.05, 0) is 56.9 Å². The lowest BCUT2D eigenvalue weighted by Crippen LogP contribution is -2.61. The number of aliphatic hydroxyl groups is 1. The number of carbonyl (C=O) groups excluding carboxylic acids is 1. The van der Waals surface area contributed by atoms with Gasteiger partial charge in [-0.1, -0.05) is 87.8 Å². The van der Waals surface area contributed by atoms with E-state index in [4.69, 9.17) is 21.0 Å². The number of urea groups is 1. The summed E-state index contributed by atoms with van der Waals surface area (Å²) >= 11 is 0. The Morgan fingerprint density at radius 1 is 1.16 bits per heavy atom. The van der Waals surface area contributed by atoms with Crippen molar-refractivity contribution in [3.05, 3.63) is 83.1 Å². The van der Waals surface area contributed by atoms with E-state index in [0.29, 0.717) is 29.9 Å². The molecule has 1 aromatic heterocycles. The van der Waals surface area contributed by atoms with Crippen LogP contribution in [0.4, 0.5) is 10.6 Å². The molecule has 1 aliphatic heterocycles. The van der Waals surface area contributed by atoms with E-state index in [1.54, 1.807) is 6.08 Å². The number of rotatable bonds is 13. The quantitative estimate of drug-likeness (QED) is 0.116. The number of allylic oxidation sites excluding steroid dienone is 4. The Hall–Kier alpha value is -3.77. The molecule has 0 saturated heterocycles. The first-order valence-electron chi connectivity index (χ1n) is 18.0. The van der Waals surface area contributed by atoms with E-state index in [2.05, 4.69) is 67.1 Å². The number of amides is 2. The van der Waals surface area contributed by atoms with Crippen molar-refractivity contribution in [1.82, 2.24) is 25.3 Å². The number of aromatic nitrogens is 2. The number of unbranched alkanes of at least 4 members (excludes halogenated alkanes) is 2. The molecule has 0 spiro atoms. The number of carbonyl (C=O) groups is 1. The average molecular weight is 671 g/mol. The van der Waals surface area contributed by atoms with Crippen LogP contribution in [0.3, 0.4) is 0 Å². The highest BCUT2D eigenvalue weighted by Gasteiger charge is 2.51. The van der Waals surface area contributed by atoms with Gasteiger partial charge < -0.3 is 20.1 Å². The molecule has 2 aromatic rings. The zero-order valence-corrected chi connectivity index (χ0v) is 29.5. The lowest BCUT2D eigenvalue weighted by molar-refractivity contribution is -0.0379. The smallest absolute Gasteiger partial charge is 0.320 e. The number of hydrogen-bond acceptors (Lipinski definition) is 7. The molecule has 3 aliphatic carbocycles. The molecule has 8 atom stereocenters. The Kier molecular flexibility index (Phi) is 10.5. The highest BCUT2D eigenvalue weighted by Crippen LogP contribution is 2.55. The number of benzene rings is 1. The standard InChI is InChI=1S/C38H54N8O3/c1-6-7-10-19-41-36(40)45-24(3)30(17-18-33(45)39)49-31-16-15-29(25-11-8-9-12-26(25)31)42-37(48)43-34-21-32(38(4,5)22-47)44-46(34)35-27-14-13-23(2)20-28(27)35/h8-9,11-14,17-18,20-21,24,27-31,35-36,39,41,47H,6-7,10,15-16,19,22,40H2,1-5H3,(H2,42,43,48). The van der Waals surface area contributed by atoms with E-state index in [-0.39, 0.29) is 43.0 Å². The zero-order chi connectivity index (χ0) is 34.9. The van der Waals surface area contributed by atoms with E-state index in [1.807, 2.05) is 47.7 Å². The number of fused-ring (bicyclic) bond motifs is 2.